The first-order valence-corrected chi connectivity index (χ1v) is 5.07. The Morgan fingerprint density at radius 3 is 3.12 bits per heavy atom. The topological polar surface area (TPSA) is 50.1 Å². The number of halogens is 1. The Balaban J connectivity index is 2.21. The molecule has 1 aromatic rings. The normalized spacial score (nSPS) is 18.5. The van der Waals surface area contributed by atoms with Crippen LogP contribution in [0.1, 0.15) is 29.6 Å². The molecule has 0 N–H and O–H groups in total. The van der Waals surface area contributed by atoms with Crippen LogP contribution in [0, 0.1) is 17.1 Å². The van der Waals surface area contributed by atoms with E-state index in [4.69, 9.17) is 10.00 Å². The lowest BCUT2D eigenvalue weighted by molar-refractivity contribution is 0.0840. The van der Waals surface area contributed by atoms with E-state index in [1.807, 2.05) is 6.07 Å². The summed E-state index contributed by atoms with van der Waals surface area (Å²) in [6, 6.07) is 5.90. The number of Topliss-reactive ketones (excluding diaryl/α,β-unsaturated/α-hetero) is 1. The SMILES string of the molecule is N#CCCC1CC(=O)c2ccc(F)cc2O1. The second-order valence-corrected chi connectivity index (χ2v) is 3.70. The van der Waals surface area contributed by atoms with E-state index in [-0.39, 0.29) is 18.3 Å². The van der Waals surface area contributed by atoms with Crippen molar-refractivity contribution >= 4 is 5.78 Å². The Bertz CT molecular complexity index is 465. The van der Waals surface area contributed by atoms with Gasteiger partial charge in [-0.15, -0.1) is 0 Å². The van der Waals surface area contributed by atoms with E-state index in [9.17, 15) is 9.18 Å². The van der Waals surface area contributed by atoms with Crippen LogP contribution in [0.25, 0.3) is 0 Å². The van der Waals surface area contributed by atoms with Crippen molar-refractivity contribution in [1.82, 2.24) is 0 Å². The number of rotatable bonds is 2. The highest BCUT2D eigenvalue weighted by atomic mass is 19.1. The van der Waals surface area contributed by atoms with Gasteiger partial charge in [-0.05, 0) is 18.6 Å². The smallest absolute Gasteiger partial charge is 0.170 e. The van der Waals surface area contributed by atoms with Crippen molar-refractivity contribution in [3.05, 3.63) is 29.6 Å². The molecule has 16 heavy (non-hydrogen) atoms. The zero-order valence-corrected chi connectivity index (χ0v) is 8.57. The van der Waals surface area contributed by atoms with Crippen LogP contribution >= 0.6 is 0 Å². The van der Waals surface area contributed by atoms with E-state index >= 15 is 0 Å². The molecule has 0 saturated heterocycles. The van der Waals surface area contributed by atoms with Crippen LogP contribution in [0.2, 0.25) is 0 Å². The third-order valence-corrected chi connectivity index (χ3v) is 2.53. The van der Waals surface area contributed by atoms with Gasteiger partial charge in [0.15, 0.2) is 5.78 Å². The summed E-state index contributed by atoms with van der Waals surface area (Å²) in [5.41, 5.74) is 0.426. The largest absolute Gasteiger partial charge is 0.489 e. The van der Waals surface area contributed by atoms with Crippen molar-refractivity contribution in [2.24, 2.45) is 0 Å². The molecule has 1 unspecified atom stereocenters. The van der Waals surface area contributed by atoms with Crippen LogP contribution in [0.4, 0.5) is 4.39 Å². The number of hydrogen-bond acceptors (Lipinski definition) is 3. The first-order chi connectivity index (χ1) is 7.70. The molecule has 1 aliphatic heterocycles. The number of ether oxygens (including phenoxy) is 1. The summed E-state index contributed by atoms with van der Waals surface area (Å²) in [7, 11) is 0. The van der Waals surface area contributed by atoms with Gasteiger partial charge in [0.1, 0.15) is 17.7 Å². The second kappa shape index (κ2) is 4.31. The Morgan fingerprint density at radius 2 is 2.38 bits per heavy atom. The standard InChI is InChI=1S/C12H10FNO2/c13-8-3-4-10-11(15)7-9(2-1-5-14)16-12(10)6-8/h3-4,6,9H,1-2,7H2. The van der Waals surface area contributed by atoms with Crippen LogP contribution in [0.5, 0.6) is 5.75 Å². The first-order valence-electron chi connectivity index (χ1n) is 5.07. The number of nitrogens with zero attached hydrogens (tertiary/aromatic N) is 1. The minimum atomic E-state index is -0.424. The van der Waals surface area contributed by atoms with E-state index in [2.05, 4.69) is 0 Å². The number of ketones is 1. The Labute approximate surface area is 92.4 Å². The van der Waals surface area contributed by atoms with Gasteiger partial charge in [0.2, 0.25) is 0 Å². The third-order valence-electron chi connectivity index (χ3n) is 2.53. The minimum absolute atomic E-state index is 0.0517. The summed E-state index contributed by atoms with van der Waals surface area (Å²) in [5, 5.41) is 8.45. The molecule has 0 fully saturated rings. The van der Waals surface area contributed by atoms with E-state index < -0.39 is 5.82 Å². The number of benzene rings is 1. The molecule has 0 radical (unpaired) electrons. The zero-order valence-electron chi connectivity index (χ0n) is 8.57. The van der Waals surface area contributed by atoms with Crippen LogP contribution < -0.4 is 4.74 Å². The lowest BCUT2D eigenvalue weighted by Crippen LogP contribution is -2.26. The molecule has 0 aromatic heterocycles. The number of fused-ring (bicyclic) bond motifs is 1. The van der Waals surface area contributed by atoms with Crippen molar-refractivity contribution < 1.29 is 13.9 Å². The van der Waals surface area contributed by atoms with E-state index in [0.29, 0.717) is 24.2 Å². The Morgan fingerprint density at radius 1 is 1.56 bits per heavy atom. The second-order valence-electron chi connectivity index (χ2n) is 3.70. The van der Waals surface area contributed by atoms with Gasteiger partial charge >= 0.3 is 0 Å². The highest BCUT2D eigenvalue weighted by Gasteiger charge is 2.26. The first kappa shape index (κ1) is 10.6. The molecule has 4 heteroatoms. The summed E-state index contributed by atoms with van der Waals surface area (Å²) in [4.78, 5) is 11.7. The maximum atomic E-state index is 13.0. The van der Waals surface area contributed by atoms with E-state index in [1.54, 1.807) is 0 Å². The summed E-state index contributed by atoms with van der Waals surface area (Å²) in [6.45, 7) is 0. The molecule has 82 valence electrons. The van der Waals surface area contributed by atoms with Crippen molar-refractivity contribution in [2.45, 2.75) is 25.4 Å². The highest BCUT2D eigenvalue weighted by molar-refractivity contribution is 5.99. The zero-order chi connectivity index (χ0) is 11.5. The molecule has 1 atom stereocenters. The molecular weight excluding hydrogens is 209 g/mol. The van der Waals surface area contributed by atoms with Gasteiger partial charge in [-0.3, -0.25) is 4.79 Å². The van der Waals surface area contributed by atoms with Crippen molar-refractivity contribution in [3.63, 3.8) is 0 Å². The van der Waals surface area contributed by atoms with Crippen LogP contribution in [0.3, 0.4) is 0 Å². The maximum Gasteiger partial charge on any atom is 0.170 e. The summed E-state index contributed by atoms with van der Waals surface area (Å²) < 4.78 is 18.4. The van der Waals surface area contributed by atoms with Gasteiger partial charge in [0.05, 0.1) is 11.6 Å². The van der Waals surface area contributed by atoms with Gasteiger partial charge in [-0.2, -0.15) is 5.26 Å². The van der Waals surface area contributed by atoms with Gasteiger partial charge in [-0.1, -0.05) is 0 Å². The minimum Gasteiger partial charge on any atom is -0.489 e. The lowest BCUT2D eigenvalue weighted by atomic mass is 9.98. The fourth-order valence-electron chi connectivity index (χ4n) is 1.75. The van der Waals surface area contributed by atoms with Crippen molar-refractivity contribution in [3.8, 4) is 11.8 Å². The Kier molecular flexibility index (Phi) is 2.86. The molecule has 3 nitrogen and oxygen atoms in total. The predicted octanol–water partition coefficient (Wildman–Crippen LogP) is 2.46. The summed E-state index contributed by atoms with van der Waals surface area (Å²) in [5.74, 6) is -0.184. The molecule has 1 aromatic carbocycles. The molecule has 0 bridgehead atoms. The van der Waals surface area contributed by atoms with Crippen molar-refractivity contribution in [2.75, 3.05) is 0 Å². The molecule has 1 heterocycles. The molecule has 1 aliphatic rings. The Hall–Kier alpha value is -1.89. The molecule has 0 spiro atoms. The molecule has 0 saturated carbocycles. The third kappa shape index (κ3) is 2.03. The molecule has 2 rings (SSSR count). The van der Waals surface area contributed by atoms with E-state index in [0.717, 1.165) is 0 Å². The number of carbonyl (C=O) groups excluding carboxylic acids is 1. The maximum absolute atomic E-state index is 13.0. The monoisotopic (exact) mass is 219 g/mol. The number of carbonyl (C=O) groups is 1. The summed E-state index contributed by atoms with van der Waals surface area (Å²) >= 11 is 0. The molecular formula is C12H10FNO2. The van der Waals surface area contributed by atoms with Gasteiger partial charge in [0, 0.05) is 18.9 Å². The quantitative estimate of drug-likeness (QED) is 0.767. The number of hydrogen-bond donors (Lipinski definition) is 0. The number of nitriles is 1. The predicted molar refractivity (Wildman–Crippen MR) is 54.6 cm³/mol. The van der Waals surface area contributed by atoms with Crippen molar-refractivity contribution in [1.29, 1.82) is 5.26 Å². The average Bonchev–Trinajstić information content (AvgIpc) is 2.25. The lowest BCUT2D eigenvalue weighted by Gasteiger charge is -2.24. The van der Waals surface area contributed by atoms with E-state index in [1.165, 1.54) is 18.2 Å². The van der Waals surface area contributed by atoms with Crippen LogP contribution in [0.15, 0.2) is 18.2 Å². The molecule has 0 amide bonds. The van der Waals surface area contributed by atoms with Gasteiger partial charge in [-0.25, -0.2) is 4.39 Å². The van der Waals surface area contributed by atoms with Crippen LogP contribution in [-0.2, 0) is 0 Å². The summed E-state index contributed by atoms with van der Waals surface area (Å²) in [6.07, 6.45) is 0.794. The molecule has 0 aliphatic carbocycles. The average molecular weight is 219 g/mol. The fourth-order valence-corrected chi connectivity index (χ4v) is 1.75. The van der Waals surface area contributed by atoms with Crippen LogP contribution in [-0.4, -0.2) is 11.9 Å². The van der Waals surface area contributed by atoms with Gasteiger partial charge in [0.25, 0.3) is 0 Å². The highest BCUT2D eigenvalue weighted by Crippen LogP contribution is 2.29. The van der Waals surface area contributed by atoms with Gasteiger partial charge < -0.3 is 4.74 Å². The fraction of sp³-hybridized carbons (Fsp3) is 0.333.